The zero-order chi connectivity index (χ0) is 13.5. The molecule has 0 aliphatic heterocycles. The third-order valence-electron chi connectivity index (χ3n) is 2.33. The molecule has 1 aromatic carbocycles. The first-order valence-electron chi connectivity index (χ1n) is 5.59. The average molecular weight is 289 g/mol. The van der Waals surface area contributed by atoms with E-state index in [2.05, 4.69) is 10.6 Å². The van der Waals surface area contributed by atoms with Crippen LogP contribution in [0.25, 0.3) is 0 Å². The predicted octanol–water partition coefficient (Wildman–Crippen LogP) is 0.938. The molecule has 1 rings (SSSR count). The van der Waals surface area contributed by atoms with E-state index in [1.165, 1.54) is 18.2 Å². The Bertz CT molecular complexity index is 454. The van der Waals surface area contributed by atoms with Crippen LogP contribution < -0.4 is 16.4 Å². The molecule has 0 radical (unpaired) electrons. The number of carbonyl (C=O) groups excluding carboxylic acids is 1. The lowest BCUT2D eigenvalue weighted by atomic mass is 10.1. The van der Waals surface area contributed by atoms with Crippen molar-refractivity contribution in [3.63, 3.8) is 0 Å². The van der Waals surface area contributed by atoms with Crippen molar-refractivity contribution >= 4 is 29.7 Å². The lowest BCUT2D eigenvalue weighted by molar-refractivity contribution is -0.384. The van der Waals surface area contributed by atoms with E-state index in [1.54, 1.807) is 0 Å². The minimum absolute atomic E-state index is 0. The van der Waals surface area contributed by atoms with Crippen LogP contribution in [0, 0.1) is 10.1 Å². The van der Waals surface area contributed by atoms with E-state index in [4.69, 9.17) is 5.73 Å². The monoisotopic (exact) mass is 288 g/mol. The number of carbonyl (C=O) groups is 1. The zero-order valence-electron chi connectivity index (χ0n) is 10.5. The van der Waals surface area contributed by atoms with Gasteiger partial charge in [-0.05, 0) is 12.6 Å². The highest BCUT2D eigenvalue weighted by atomic mass is 35.5. The number of amides is 1. The van der Waals surface area contributed by atoms with Gasteiger partial charge >= 0.3 is 0 Å². The fourth-order valence-electron chi connectivity index (χ4n) is 1.39. The number of likely N-dealkylation sites (N-methyl/N-ethyl adjacent to an activating group) is 1. The van der Waals surface area contributed by atoms with Gasteiger partial charge in [0.05, 0.1) is 10.5 Å². The largest absolute Gasteiger partial charge is 0.398 e. The Hall–Kier alpha value is -1.86. The fourth-order valence-corrected chi connectivity index (χ4v) is 1.39. The van der Waals surface area contributed by atoms with Gasteiger partial charge in [0, 0.05) is 30.9 Å². The Labute approximate surface area is 117 Å². The minimum Gasteiger partial charge on any atom is -0.398 e. The van der Waals surface area contributed by atoms with Crippen LogP contribution in [0.5, 0.6) is 0 Å². The highest BCUT2D eigenvalue weighted by Gasteiger charge is 2.14. The van der Waals surface area contributed by atoms with Gasteiger partial charge in [-0.25, -0.2) is 0 Å². The highest BCUT2D eigenvalue weighted by Crippen LogP contribution is 2.19. The summed E-state index contributed by atoms with van der Waals surface area (Å²) in [6.45, 7) is 3.85. The maximum absolute atomic E-state index is 11.8. The van der Waals surface area contributed by atoms with Crippen LogP contribution >= 0.6 is 12.4 Å². The molecule has 0 aliphatic carbocycles. The van der Waals surface area contributed by atoms with E-state index < -0.39 is 10.8 Å². The number of hydrogen-bond acceptors (Lipinski definition) is 5. The Kier molecular flexibility index (Phi) is 7.47. The standard InChI is InChI=1S/C11H16N4O3.ClH/c1-2-13-5-6-14-11(16)9-7-8(15(17)18)3-4-10(9)12;/h3-4,7,13H,2,5-6,12H2,1H3,(H,14,16);1H. The predicted molar refractivity (Wildman–Crippen MR) is 75.6 cm³/mol. The second-order valence-corrected chi connectivity index (χ2v) is 3.64. The molecule has 8 heteroatoms. The van der Waals surface area contributed by atoms with Gasteiger partial charge in [0.2, 0.25) is 0 Å². The molecule has 106 valence electrons. The van der Waals surface area contributed by atoms with E-state index in [0.717, 1.165) is 6.54 Å². The molecule has 0 aliphatic rings. The molecular weight excluding hydrogens is 272 g/mol. The number of nitro groups is 1. The van der Waals surface area contributed by atoms with Crippen molar-refractivity contribution in [2.75, 3.05) is 25.4 Å². The minimum atomic E-state index is -0.561. The Morgan fingerprint density at radius 2 is 2.11 bits per heavy atom. The number of benzene rings is 1. The van der Waals surface area contributed by atoms with Gasteiger partial charge in [-0.15, -0.1) is 12.4 Å². The van der Waals surface area contributed by atoms with Crippen molar-refractivity contribution in [2.24, 2.45) is 0 Å². The van der Waals surface area contributed by atoms with E-state index >= 15 is 0 Å². The first kappa shape index (κ1) is 17.1. The molecule has 0 saturated heterocycles. The maximum atomic E-state index is 11.8. The van der Waals surface area contributed by atoms with Crippen molar-refractivity contribution in [2.45, 2.75) is 6.92 Å². The van der Waals surface area contributed by atoms with Crippen molar-refractivity contribution < 1.29 is 9.72 Å². The molecule has 0 atom stereocenters. The number of halogens is 1. The number of hydrogen-bond donors (Lipinski definition) is 3. The summed E-state index contributed by atoms with van der Waals surface area (Å²) in [4.78, 5) is 21.8. The van der Waals surface area contributed by atoms with Gasteiger partial charge in [-0.1, -0.05) is 6.92 Å². The molecule has 0 aromatic heterocycles. The summed E-state index contributed by atoms with van der Waals surface area (Å²) in [6, 6.07) is 3.81. The van der Waals surface area contributed by atoms with Gasteiger partial charge in [-0.2, -0.15) is 0 Å². The van der Waals surface area contributed by atoms with Crippen LogP contribution in [0.15, 0.2) is 18.2 Å². The molecule has 7 nitrogen and oxygen atoms in total. The van der Waals surface area contributed by atoms with E-state index in [0.29, 0.717) is 13.1 Å². The Balaban J connectivity index is 0.00000324. The number of anilines is 1. The van der Waals surface area contributed by atoms with Gasteiger partial charge in [0.25, 0.3) is 11.6 Å². The lowest BCUT2D eigenvalue weighted by Crippen LogP contribution is -2.32. The normalized spacial score (nSPS) is 9.53. The third kappa shape index (κ3) is 5.11. The average Bonchev–Trinajstić information content (AvgIpc) is 2.34. The summed E-state index contributed by atoms with van der Waals surface area (Å²) in [6.07, 6.45) is 0. The van der Waals surface area contributed by atoms with Crippen LogP contribution in [0.2, 0.25) is 0 Å². The number of nitrogens with two attached hydrogens (primary N) is 1. The van der Waals surface area contributed by atoms with Gasteiger partial charge in [0.15, 0.2) is 0 Å². The second-order valence-electron chi connectivity index (χ2n) is 3.64. The molecule has 1 amide bonds. The van der Waals surface area contributed by atoms with E-state index in [-0.39, 0.29) is 29.3 Å². The molecule has 0 saturated carbocycles. The molecule has 0 heterocycles. The topological polar surface area (TPSA) is 110 Å². The third-order valence-corrected chi connectivity index (χ3v) is 2.33. The van der Waals surface area contributed by atoms with Crippen molar-refractivity contribution in [1.82, 2.24) is 10.6 Å². The molecule has 4 N–H and O–H groups in total. The summed E-state index contributed by atoms with van der Waals surface area (Å²) >= 11 is 0. The van der Waals surface area contributed by atoms with E-state index in [9.17, 15) is 14.9 Å². The molecule has 0 bridgehead atoms. The summed E-state index contributed by atoms with van der Waals surface area (Å²) in [5.74, 6) is -0.408. The quantitative estimate of drug-likeness (QED) is 0.312. The molecule has 1 aromatic rings. The van der Waals surface area contributed by atoms with Crippen LogP contribution in [-0.4, -0.2) is 30.5 Å². The first-order valence-corrected chi connectivity index (χ1v) is 5.59. The molecule has 19 heavy (non-hydrogen) atoms. The number of nitrogen functional groups attached to an aromatic ring is 1. The Morgan fingerprint density at radius 3 is 2.68 bits per heavy atom. The van der Waals surface area contributed by atoms with Crippen LogP contribution in [0.3, 0.4) is 0 Å². The summed E-state index contributed by atoms with van der Waals surface area (Å²) in [5.41, 5.74) is 5.82. The molecule has 0 spiro atoms. The number of rotatable bonds is 6. The summed E-state index contributed by atoms with van der Waals surface area (Å²) in [7, 11) is 0. The van der Waals surface area contributed by atoms with Gasteiger partial charge in [-0.3, -0.25) is 14.9 Å². The number of non-ortho nitro benzene ring substituents is 1. The molecular formula is C11H17ClN4O3. The summed E-state index contributed by atoms with van der Waals surface area (Å²) in [5, 5.41) is 16.3. The lowest BCUT2D eigenvalue weighted by Gasteiger charge is -2.07. The van der Waals surface area contributed by atoms with Crippen molar-refractivity contribution in [1.29, 1.82) is 0 Å². The number of nitrogens with zero attached hydrogens (tertiary/aromatic N) is 1. The van der Waals surface area contributed by atoms with Gasteiger partial charge < -0.3 is 16.4 Å². The number of nitro benzene ring substituents is 1. The number of nitrogens with one attached hydrogen (secondary N) is 2. The SMILES string of the molecule is CCNCCNC(=O)c1cc([N+](=O)[O-])ccc1N.Cl. The fraction of sp³-hybridized carbons (Fsp3) is 0.364. The highest BCUT2D eigenvalue weighted by molar-refractivity contribution is 5.99. The molecule has 0 unspecified atom stereocenters. The van der Waals surface area contributed by atoms with Gasteiger partial charge in [0.1, 0.15) is 0 Å². The first-order chi connectivity index (χ1) is 8.56. The molecule has 0 fully saturated rings. The zero-order valence-corrected chi connectivity index (χ0v) is 11.3. The van der Waals surface area contributed by atoms with Crippen LogP contribution in [-0.2, 0) is 0 Å². The second kappa shape index (κ2) is 8.28. The Morgan fingerprint density at radius 1 is 1.42 bits per heavy atom. The van der Waals surface area contributed by atoms with Crippen molar-refractivity contribution in [3.05, 3.63) is 33.9 Å². The van der Waals surface area contributed by atoms with Crippen LogP contribution in [0.1, 0.15) is 17.3 Å². The maximum Gasteiger partial charge on any atom is 0.270 e. The van der Waals surface area contributed by atoms with Crippen LogP contribution in [0.4, 0.5) is 11.4 Å². The summed E-state index contributed by atoms with van der Waals surface area (Å²) < 4.78 is 0. The smallest absolute Gasteiger partial charge is 0.270 e. The van der Waals surface area contributed by atoms with E-state index in [1.807, 2.05) is 6.92 Å². The van der Waals surface area contributed by atoms with Crippen molar-refractivity contribution in [3.8, 4) is 0 Å².